The van der Waals surface area contributed by atoms with Gasteiger partial charge in [-0.15, -0.1) is 5.10 Å². The molecule has 1 aromatic carbocycles. The Balaban J connectivity index is 1.93. The van der Waals surface area contributed by atoms with Crippen molar-refractivity contribution in [1.82, 2.24) is 14.8 Å². The van der Waals surface area contributed by atoms with E-state index < -0.39 is 0 Å². The van der Waals surface area contributed by atoms with Gasteiger partial charge in [-0.2, -0.15) is 9.67 Å². The molecule has 17 heavy (non-hydrogen) atoms. The zero-order chi connectivity index (χ0) is 11.8. The third-order valence-corrected chi connectivity index (χ3v) is 2.83. The molecule has 0 saturated heterocycles. The lowest BCUT2D eigenvalue weighted by Gasteiger charge is -2.02. The average Bonchev–Trinajstić information content (AvgIpc) is 3.01. The summed E-state index contributed by atoms with van der Waals surface area (Å²) in [6, 6.07) is 7.85. The maximum atomic E-state index is 5.93. The molecule has 6 heteroatoms. The van der Waals surface area contributed by atoms with E-state index in [1.54, 1.807) is 10.7 Å². The fraction of sp³-hybridized carbons (Fsp3) is 0.273. The number of nitrogens with one attached hydrogen (secondary N) is 1. The standard InChI is InChI=1S/C11H12ClN5/c12-7-2-1-3-9(6-7)17-10(13)15-11(16-17)14-8-4-5-8/h1-3,6,8H,4-5H2,(H3,13,14,15,16). The van der Waals surface area contributed by atoms with Crippen molar-refractivity contribution in [2.75, 3.05) is 11.1 Å². The van der Waals surface area contributed by atoms with Crippen LogP contribution >= 0.6 is 11.6 Å². The van der Waals surface area contributed by atoms with Crippen LogP contribution in [0.5, 0.6) is 0 Å². The first-order valence-electron chi connectivity index (χ1n) is 5.47. The van der Waals surface area contributed by atoms with Gasteiger partial charge in [0.1, 0.15) is 0 Å². The molecule has 0 aliphatic heterocycles. The lowest BCUT2D eigenvalue weighted by molar-refractivity contribution is 0.887. The summed E-state index contributed by atoms with van der Waals surface area (Å²) in [5.74, 6) is 0.931. The summed E-state index contributed by atoms with van der Waals surface area (Å²) in [4.78, 5) is 4.17. The maximum absolute atomic E-state index is 5.93. The lowest BCUT2D eigenvalue weighted by atomic mass is 10.3. The van der Waals surface area contributed by atoms with Crippen LogP contribution in [-0.2, 0) is 0 Å². The minimum atomic E-state index is 0.357. The Kier molecular flexibility index (Phi) is 2.40. The van der Waals surface area contributed by atoms with E-state index in [1.807, 2.05) is 18.2 Å². The van der Waals surface area contributed by atoms with E-state index in [0.717, 1.165) is 5.69 Å². The van der Waals surface area contributed by atoms with Crippen LogP contribution in [0.25, 0.3) is 5.69 Å². The molecule has 3 N–H and O–H groups in total. The molecule has 1 saturated carbocycles. The molecule has 0 radical (unpaired) electrons. The second-order valence-corrected chi connectivity index (χ2v) is 4.54. The van der Waals surface area contributed by atoms with E-state index in [-0.39, 0.29) is 0 Å². The van der Waals surface area contributed by atoms with E-state index in [0.29, 0.717) is 23.0 Å². The van der Waals surface area contributed by atoms with Crippen molar-refractivity contribution >= 4 is 23.5 Å². The molecular weight excluding hydrogens is 238 g/mol. The highest BCUT2D eigenvalue weighted by Gasteiger charge is 2.23. The SMILES string of the molecule is Nc1nc(NC2CC2)nn1-c1cccc(Cl)c1. The highest BCUT2D eigenvalue weighted by atomic mass is 35.5. The van der Waals surface area contributed by atoms with Gasteiger partial charge < -0.3 is 11.1 Å². The third kappa shape index (κ3) is 2.19. The van der Waals surface area contributed by atoms with Gasteiger partial charge in [0.15, 0.2) is 0 Å². The van der Waals surface area contributed by atoms with Gasteiger partial charge in [-0.25, -0.2) is 0 Å². The Morgan fingerprint density at radius 1 is 1.41 bits per heavy atom. The van der Waals surface area contributed by atoms with Gasteiger partial charge >= 0.3 is 0 Å². The summed E-state index contributed by atoms with van der Waals surface area (Å²) in [5, 5.41) is 8.16. The van der Waals surface area contributed by atoms with Crippen molar-refractivity contribution in [3.05, 3.63) is 29.3 Å². The molecule has 88 valence electrons. The Bertz CT molecular complexity index is 547. The van der Waals surface area contributed by atoms with E-state index in [2.05, 4.69) is 15.4 Å². The molecule has 1 aliphatic rings. The largest absolute Gasteiger partial charge is 0.368 e. The molecule has 1 fully saturated rings. The number of benzene rings is 1. The van der Waals surface area contributed by atoms with Crippen molar-refractivity contribution in [3.8, 4) is 5.69 Å². The maximum Gasteiger partial charge on any atom is 0.244 e. The van der Waals surface area contributed by atoms with Crippen molar-refractivity contribution in [2.24, 2.45) is 0 Å². The number of nitrogen functional groups attached to an aromatic ring is 1. The van der Waals surface area contributed by atoms with Crippen LogP contribution in [0.3, 0.4) is 0 Å². The zero-order valence-electron chi connectivity index (χ0n) is 9.10. The fourth-order valence-corrected chi connectivity index (χ4v) is 1.78. The number of nitrogens with zero attached hydrogens (tertiary/aromatic N) is 3. The summed E-state index contributed by atoms with van der Waals surface area (Å²) in [6.07, 6.45) is 2.34. The number of anilines is 2. The van der Waals surface area contributed by atoms with Crippen molar-refractivity contribution in [1.29, 1.82) is 0 Å². The van der Waals surface area contributed by atoms with E-state index in [9.17, 15) is 0 Å². The van der Waals surface area contributed by atoms with Gasteiger partial charge in [0.2, 0.25) is 11.9 Å². The minimum absolute atomic E-state index is 0.357. The first kappa shape index (κ1) is 10.4. The van der Waals surface area contributed by atoms with Crippen LogP contribution in [-0.4, -0.2) is 20.8 Å². The number of rotatable bonds is 3. The molecule has 1 aliphatic carbocycles. The normalized spacial score (nSPS) is 14.9. The molecule has 0 bridgehead atoms. The number of hydrogen-bond donors (Lipinski definition) is 2. The Labute approximate surface area is 104 Å². The van der Waals surface area contributed by atoms with Crippen LogP contribution < -0.4 is 11.1 Å². The summed E-state index contributed by atoms with van der Waals surface area (Å²) in [6.45, 7) is 0. The molecule has 2 aromatic rings. The fourth-order valence-electron chi connectivity index (χ4n) is 1.59. The second kappa shape index (κ2) is 3.92. The Morgan fingerprint density at radius 2 is 2.24 bits per heavy atom. The number of halogens is 1. The van der Waals surface area contributed by atoms with Gasteiger partial charge in [0, 0.05) is 11.1 Å². The average molecular weight is 250 g/mol. The quantitative estimate of drug-likeness (QED) is 0.874. The van der Waals surface area contributed by atoms with Gasteiger partial charge in [-0.1, -0.05) is 17.7 Å². The highest BCUT2D eigenvalue weighted by molar-refractivity contribution is 6.30. The number of nitrogens with two attached hydrogens (primary N) is 1. The second-order valence-electron chi connectivity index (χ2n) is 4.10. The molecule has 0 amide bonds. The molecule has 0 atom stereocenters. The highest BCUT2D eigenvalue weighted by Crippen LogP contribution is 2.24. The van der Waals surface area contributed by atoms with Crippen LogP contribution in [0.4, 0.5) is 11.9 Å². The number of hydrogen-bond acceptors (Lipinski definition) is 4. The third-order valence-electron chi connectivity index (χ3n) is 2.60. The Morgan fingerprint density at radius 3 is 2.94 bits per heavy atom. The molecular formula is C11H12ClN5. The van der Waals surface area contributed by atoms with Crippen LogP contribution in [0.2, 0.25) is 5.02 Å². The molecule has 1 aromatic heterocycles. The predicted octanol–water partition coefficient (Wildman–Crippen LogP) is 2.08. The summed E-state index contributed by atoms with van der Waals surface area (Å²) >= 11 is 5.93. The first-order chi connectivity index (χ1) is 8.22. The van der Waals surface area contributed by atoms with Gasteiger partial charge in [0.25, 0.3) is 0 Å². The lowest BCUT2D eigenvalue weighted by Crippen LogP contribution is -2.04. The molecule has 3 rings (SSSR count). The molecule has 0 unspecified atom stereocenters. The number of aromatic nitrogens is 3. The van der Waals surface area contributed by atoms with E-state index >= 15 is 0 Å². The van der Waals surface area contributed by atoms with Crippen molar-refractivity contribution in [2.45, 2.75) is 18.9 Å². The summed E-state index contributed by atoms with van der Waals surface area (Å²) in [7, 11) is 0. The summed E-state index contributed by atoms with van der Waals surface area (Å²) in [5.41, 5.74) is 6.64. The van der Waals surface area contributed by atoms with Crippen LogP contribution in [0.1, 0.15) is 12.8 Å². The Hall–Kier alpha value is -1.75. The van der Waals surface area contributed by atoms with Gasteiger partial charge in [0.05, 0.1) is 5.69 Å². The molecule has 5 nitrogen and oxygen atoms in total. The van der Waals surface area contributed by atoms with E-state index in [4.69, 9.17) is 17.3 Å². The van der Waals surface area contributed by atoms with Crippen LogP contribution in [0, 0.1) is 0 Å². The van der Waals surface area contributed by atoms with Crippen molar-refractivity contribution in [3.63, 3.8) is 0 Å². The minimum Gasteiger partial charge on any atom is -0.368 e. The zero-order valence-corrected chi connectivity index (χ0v) is 9.85. The predicted molar refractivity (Wildman–Crippen MR) is 67.4 cm³/mol. The van der Waals surface area contributed by atoms with Gasteiger partial charge in [-0.3, -0.25) is 0 Å². The monoisotopic (exact) mass is 249 g/mol. The van der Waals surface area contributed by atoms with Crippen molar-refractivity contribution < 1.29 is 0 Å². The van der Waals surface area contributed by atoms with Crippen LogP contribution in [0.15, 0.2) is 24.3 Å². The first-order valence-corrected chi connectivity index (χ1v) is 5.85. The van der Waals surface area contributed by atoms with E-state index in [1.165, 1.54) is 12.8 Å². The molecule has 0 spiro atoms. The summed E-state index contributed by atoms with van der Waals surface area (Å²) < 4.78 is 1.58. The van der Waals surface area contributed by atoms with Gasteiger partial charge in [-0.05, 0) is 31.0 Å². The smallest absolute Gasteiger partial charge is 0.244 e. The molecule has 1 heterocycles. The topological polar surface area (TPSA) is 68.8 Å².